The highest BCUT2D eigenvalue weighted by atomic mass is 16.5. The predicted molar refractivity (Wildman–Crippen MR) is 103 cm³/mol. The summed E-state index contributed by atoms with van der Waals surface area (Å²) in [5, 5.41) is 3.31. The van der Waals surface area contributed by atoms with Crippen molar-refractivity contribution >= 4 is 11.8 Å². The Kier molecular flexibility index (Phi) is 6.00. The quantitative estimate of drug-likeness (QED) is 0.479. The Bertz CT molecular complexity index is 808. The zero-order valence-electron chi connectivity index (χ0n) is 16.6. The van der Waals surface area contributed by atoms with E-state index < -0.39 is 11.9 Å². The number of carbonyl (C=O) groups is 2. The van der Waals surface area contributed by atoms with Gasteiger partial charge in [0.2, 0.25) is 0 Å². The van der Waals surface area contributed by atoms with E-state index in [9.17, 15) is 9.59 Å². The van der Waals surface area contributed by atoms with E-state index >= 15 is 0 Å². The molecule has 1 aliphatic heterocycles. The number of nitrogens with one attached hydrogen (secondary N) is 2. The number of aromatic nitrogens is 2. The van der Waals surface area contributed by atoms with Gasteiger partial charge in [0.25, 0.3) is 0 Å². The number of ether oxygens (including phenoxy) is 2. The van der Waals surface area contributed by atoms with Gasteiger partial charge >= 0.3 is 5.97 Å². The summed E-state index contributed by atoms with van der Waals surface area (Å²) in [5.41, 5.74) is 7.72. The summed E-state index contributed by atoms with van der Waals surface area (Å²) in [5.74, 6) is -0.525. The van der Waals surface area contributed by atoms with Crippen LogP contribution in [0.5, 0.6) is 0 Å². The van der Waals surface area contributed by atoms with Crippen molar-refractivity contribution in [2.75, 3.05) is 26.4 Å². The van der Waals surface area contributed by atoms with Crippen molar-refractivity contribution in [1.29, 1.82) is 0 Å². The summed E-state index contributed by atoms with van der Waals surface area (Å²) < 4.78 is 10.9. The van der Waals surface area contributed by atoms with Gasteiger partial charge in [-0.1, -0.05) is 13.8 Å². The lowest BCUT2D eigenvalue weighted by Gasteiger charge is -2.39. The van der Waals surface area contributed by atoms with Crippen LogP contribution in [0.25, 0.3) is 0 Å². The molecule has 0 radical (unpaired) electrons. The molecule has 2 aliphatic rings. The maximum absolute atomic E-state index is 13.1. The predicted octanol–water partition coefficient (Wildman–Crippen LogP) is 1.53. The Labute approximate surface area is 164 Å². The van der Waals surface area contributed by atoms with Gasteiger partial charge in [0.05, 0.1) is 37.0 Å². The van der Waals surface area contributed by atoms with Gasteiger partial charge in [-0.05, 0) is 18.8 Å². The summed E-state index contributed by atoms with van der Waals surface area (Å²) in [6.45, 7) is 7.03. The summed E-state index contributed by atoms with van der Waals surface area (Å²) in [6, 6.07) is 0. The molecule has 3 rings (SSSR count). The fraction of sp³-hybridized carbons (Fsp3) is 0.550. The van der Waals surface area contributed by atoms with Crippen LogP contribution >= 0.6 is 0 Å². The van der Waals surface area contributed by atoms with Crippen LogP contribution < -0.4 is 11.1 Å². The second kappa shape index (κ2) is 8.28. The van der Waals surface area contributed by atoms with E-state index in [1.165, 1.54) is 0 Å². The van der Waals surface area contributed by atoms with Crippen molar-refractivity contribution in [3.05, 3.63) is 40.8 Å². The van der Waals surface area contributed by atoms with Crippen LogP contribution in [0.4, 0.5) is 0 Å². The largest absolute Gasteiger partial charge is 0.463 e. The van der Waals surface area contributed by atoms with Gasteiger partial charge in [0.15, 0.2) is 5.78 Å². The Morgan fingerprint density at radius 1 is 1.39 bits per heavy atom. The zero-order valence-corrected chi connectivity index (χ0v) is 16.6. The Balaban J connectivity index is 2.11. The number of hydrogen-bond donors (Lipinski definition) is 3. The summed E-state index contributed by atoms with van der Waals surface area (Å²) in [6.07, 6.45) is 4.41. The number of rotatable bonds is 7. The molecule has 1 unspecified atom stereocenters. The van der Waals surface area contributed by atoms with Crippen LogP contribution in [0.3, 0.4) is 0 Å². The molecule has 8 heteroatoms. The highest BCUT2D eigenvalue weighted by Gasteiger charge is 2.44. The molecule has 0 amide bonds. The molecule has 1 aromatic rings. The smallest absolute Gasteiger partial charge is 0.336 e. The molecule has 0 bridgehead atoms. The number of nitrogens with two attached hydrogens (primary N) is 1. The number of carbonyl (C=O) groups excluding carboxylic acids is 2. The summed E-state index contributed by atoms with van der Waals surface area (Å²) in [4.78, 5) is 33.4. The molecule has 152 valence electrons. The zero-order chi connectivity index (χ0) is 20.3. The average Bonchev–Trinajstić information content (AvgIpc) is 3.14. The lowest BCUT2D eigenvalue weighted by Crippen LogP contribution is -2.40. The second-order valence-corrected chi connectivity index (χ2v) is 7.82. The molecule has 8 nitrogen and oxygen atoms in total. The number of aromatic amines is 1. The molecular weight excluding hydrogens is 360 g/mol. The van der Waals surface area contributed by atoms with E-state index in [4.69, 9.17) is 15.2 Å². The maximum Gasteiger partial charge on any atom is 0.336 e. The lowest BCUT2D eigenvalue weighted by atomic mass is 9.70. The van der Waals surface area contributed by atoms with E-state index in [0.29, 0.717) is 48.7 Å². The van der Waals surface area contributed by atoms with E-state index in [0.717, 1.165) is 5.70 Å². The van der Waals surface area contributed by atoms with E-state index in [2.05, 4.69) is 29.1 Å². The third kappa shape index (κ3) is 4.02. The van der Waals surface area contributed by atoms with Crippen LogP contribution in [0.1, 0.15) is 45.4 Å². The number of nitrogens with zero attached hydrogens (tertiary/aromatic N) is 1. The Hall–Kier alpha value is -2.45. The standard InChI is InChI=1S/C20H28N4O4/c1-4-28-19(26)16-13(11-27-8-5-21)24-12-9-20(2,3)10-14(25)15(12)17(16)18-22-6-7-23-18/h6-7,17,24H,4-5,8-11,21H2,1-3H3,(H,22,23). The minimum atomic E-state index is -0.606. The first kappa shape index (κ1) is 20.3. The van der Waals surface area contributed by atoms with E-state index in [-0.39, 0.29) is 24.4 Å². The minimum Gasteiger partial charge on any atom is -0.463 e. The van der Waals surface area contributed by atoms with Gasteiger partial charge in [0.1, 0.15) is 5.82 Å². The molecule has 28 heavy (non-hydrogen) atoms. The molecule has 0 spiro atoms. The molecule has 0 saturated heterocycles. The second-order valence-electron chi connectivity index (χ2n) is 7.82. The van der Waals surface area contributed by atoms with Crippen molar-refractivity contribution in [3.63, 3.8) is 0 Å². The molecule has 0 saturated carbocycles. The van der Waals surface area contributed by atoms with Crippen LogP contribution in [0, 0.1) is 5.41 Å². The Morgan fingerprint density at radius 2 is 2.18 bits per heavy atom. The number of ketones is 1. The number of Topliss-reactive ketones (excluding diaryl/α,β-unsaturated/α-hetero) is 1. The van der Waals surface area contributed by atoms with Crippen molar-refractivity contribution in [2.24, 2.45) is 11.1 Å². The summed E-state index contributed by atoms with van der Waals surface area (Å²) in [7, 11) is 0. The van der Waals surface area contributed by atoms with Crippen molar-refractivity contribution in [2.45, 2.75) is 39.5 Å². The third-order valence-corrected chi connectivity index (χ3v) is 4.92. The number of hydrogen-bond acceptors (Lipinski definition) is 7. The third-order valence-electron chi connectivity index (χ3n) is 4.92. The topological polar surface area (TPSA) is 119 Å². The molecular formula is C20H28N4O4. The van der Waals surface area contributed by atoms with Crippen molar-refractivity contribution in [1.82, 2.24) is 15.3 Å². The SMILES string of the molecule is CCOC(=O)C1=C(COCCN)NC2=C(C(=O)CC(C)(C)C2)C1c1ncc[nH]1. The lowest BCUT2D eigenvalue weighted by molar-refractivity contribution is -0.139. The summed E-state index contributed by atoms with van der Waals surface area (Å²) >= 11 is 0. The van der Waals surface area contributed by atoms with Gasteiger partial charge < -0.3 is 25.5 Å². The van der Waals surface area contributed by atoms with Gasteiger partial charge in [0, 0.05) is 36.6 Å². The fourth-order valence-electron chi connectivity index (χ4n) is 3.88. The van der Waals surface area contributed by atoms with Gasteiger partial charge in [-0.3, -0.25) is 4.79 Å². The highest BCUT2D eigenvalue weighted by Crippen LogP contribution is 2.46. The molecule has 1 atom stereocenters. The van der Waals surface area contributed by atoms with Crippen LogP contribution in [-0.2, 0) is 19.1 Å². The highest BCUT2D eigenvalue weighted by molar-refractivity contribution is 6.04. The number of imidazole rings is 1. The maximum atomic E-state index is 13.1. The van der Waals surface area contributed by atoms with E-state index in [1.54, 1.807) is 19.3 Å². The first-order chi connectivity index (χ1) is 13.4. The van der Waals surface area contributed by atoms with Crippen LogP contribution in [0.15, 0.2) is 34.9 Å². The average molecular weight is 388 g/mol. The van der Waals surface area contributed by atoms with Crippen LogP contribution in [0.2, 0.25) is 0 Å². The van der Waals surface area contributed by atoms with Crippen molar-refractivity contribution in [3.8, 4) is 0 Å². The first-order valence-corrected chi connectivity index (χ1v) is 9.58. The fourth-order valence-corrected chi connectivity index (χ4v) is 3.88. The first-order valence-electron chi connectivity index (χ1n) is 9.58. The van der Waals surface area contributed by atoms with Gasteiger partial charge in [-0.25, -0.2) is 9.78 Å². The van der Waals surface area contributed by atoms with Gasteiger partial charge in [-0.15, -0.1) is 0 Å². The normalized spacial score (nSPS) is 21.4. The number of H-pyrrole nitrogens is 1. The number of dihydropyridines is 1. The van der Waals surface area contributed by atoms with Crippen LogP contribution in [-0.4, -0.2) is 48.1 Å². The van der Waals surface area contributed by atoms with Crippen molar-refractivity contribution < 1.29 is 19.1 Å². The molecule has 0 aromatic carbocycles. The molecule has 4 N–H and O–H groups in total. The molecule has 1 aromatic heterocycles. The molecule has 0 fully saturated rings. The molecule has 1 aliphatic carbocycles. The monoisotopic (exact) mass is 388 g/mol. The van der Waals surface area contributed by atoms with Gasteiger partial charge in [-0.2, -0.15) is 0 Å². The number of esters is 1. The molecule has 2 heterocycles. The number of allylic oxidation sites excluding steroid dienone is 2. The Morgan fingerprint density at radius 3 is 2.82 bits per heavy atom. The minimum absolute atomic E-state index is 0.0175. The van der Waals surface area contributed by atoms with E-state index in [1.807, 2.05) is 0 Å².